The minimum Gasteiger partial charge on any atom is -0.280 e. The van der Waals surface area contributed by atoms with E-state index in [2.05, 4.69) is 0 Å². The maximum atomic E-state index is 11.4. The van der Waals surface area contributed by atoms with Crippen LogP contribution in [0, 0.1) is 0 Å². The van der Waals surface area contributed by atoms with Crippen LogP contribution in [0.25, 0.3) is 0 Å². The molecule has 0 amide bonds. The summed E-state index contributed by atoms with van der Waals surface area (Å²) in [6.45, 7) is 0. The van der Waals surface area contributed by atoms with E-state index >= 15 is 0 Å². The van der Waals surface area contributed by atoms with Gasteiger partial charge in [-0.25, -0.2) is 0 Å². The van der Waals surface area contributed by atoms with Crippen LogP contribution in [0.15, 0.2) is 0 Å². The Balaban J connectivity index is 3.79. The van der Waals surface area contributed by atoms with Crippen molar-refractivity contribution in [3.63, 3.8) is 0 Å². The van der Waals surface area contributed by atoms with Gasteiger partial charge in [0.2, 0.25) is 0 Å². The number of rotatable bonds is 1. The highest BCUT2D eigenvalue weighted by Gasteiger charge is 2.31. The molecule has 5 heteroatoms. The molecule has 1 nitrogen and oxygen atoms in total. The number of hydrogen-bond acceptors (Lipinski definition) is 1. The van der Waals surface area contributed by atoms with E-state index in [1.54, 1.807) is 0 Å². The highest BCUT2D eigenvalue weighted by atomic mass is 127. The van der Waals surface area contributed by atoms with Crippen LogP contribution >= 0.6 is 38.5 Å². The van der Waals surface area contributed by atoms with Crippen molar-refractivity contribution in [3.8, 4) is 0 Å². The van der Waals surface area contributed by atoms with Gasteiger partial charge in [0.25, 0.3) is 3.79 Å². The fourth-order valence-corrected chi connectivity index (χ4v) is 0. The zero-order valence-electron chi connectivity index (χ0n) is 2.92. The van der Waals surface area contributed by atoms with Gasteiger partial charge in [-0.2, -0.15) is 8.78 Å². The van der Waals surface area contributed by atoms with Crippen molar-refractivity contribution in [2.75, 3.05) is 0 Å². The first-order valence-electron chi connectivity index (χ1n) is 1.21. The monoisotopic (exact) mass is 284 g/mol. The summed E-state index contributed by atoms with van der Waals surface area (Å²) in [4.78, 5) is 6.32. The lowest BCUT2D eigenvalue weighted by molar-refractivity contribution is -0.120. The number of halogens is 4. The van der Waals surface area contributed by atoms with Crippen molar-refractivity contribution < 1.29 is 13.6 Å². The number of alkyl halides is 3. The maximum Gasteiger partial charge on any atom is 0.368 e. The fraction of sp³-hybridized carbons (Fsp3) is 0.500. The highest BCUT2D eigenvalue weighted by Crippen LogP contribution is 2.25. The minimum absolute atomic E-state index is 1.01. The molecule has 0 aliphatic heterocycles. The first kappa shape index (κ1) is 7.74. The van der Waals surface area contributed by atoms with Gasteiger partial charge in [-0.15, -0.1) is 0 Å². The first-order chi connectivity index (χ1) is 2.94. The third-order valence-electron chi connectivity index (χ3n) is 0.223. The molecule has 0 aromatic heterocycles. The zero-order chi connectivity index (χ0) is 6.08. The molecule has 0 aromatic carbocycles. The van der Waals surface area contributed by atoms with Crippen LogP contribution in [-0.4, -0.2) is 8.62 Å². The van der Waals surface area contributed by atoms with Gasteiger partial charge >= 0.3 is 4.83 Å². The standard InChI is InChI=1S/C2BrF2IO/c3-2(4,5)1(6)7. The number of carbonyl (C=O) groups excluding carboxylic acids is 1. The molecule has 0 saturated heterocycles. The van der Waals surface area contributed by atoms with Crippen molar-refractivity contribution in [2.45, 2.75) is 4.83 Å². The molecular formula is C2BrF2IO. The molecule has 0 aromatic rings. The van der Waals surface area contributed by atoms with Gasteiger partial charge in [0, 0.05) is 22.6 Å². The second kappa shape index (κ2) is 2.34. The quantitative estimate of drug-likeness (QED) is 0.409. The minimum atomic E-state index is -3.34. The molecule has 0 aliphatic carbocycles. The third-order valence-corrected chi connectivity index (χ3v) is 2.00. The van der Waals surface area contributed by atoms with Crippen LogP contribution in [0.4, 0.5) is 8.78 Å². The Morgan fingerprint density at radius 1 is 1.71 bits per heavy atom. The smallest absolute Gasteiger partial charge is 0.280 e. The van der Waals surface area contributed by atoms with Crippen LogP contribution in [-0.2, 0) is 4.79 Å². The second-order valence-corrected chi connectivity index (χ2v) is 2.75. The molecule has 0 saturated carbocycles. The molecule has 0 spiro atoms. The van der Waals surface area contributed by atoms with Crippen molar-refractivity contribution in [2.24, 2.45) is 0 Å². The predicted molar refractivity (Wildman–Crippen MR) is 32.9 cm³/mol. The van der Waals surface area contributed by atoms with E-state index in [9.17, 15) is 13.6 Å². The van der Waals surface area contributed by atoms with Gasteiger partial charge in [-0.05, 0) is 15.9 Å². The summed E-state index contributed by atoms with van der Waals surface area (Å²) in [5.41, 5.74) is 0. The van der Waals surface area contributed by atoms with Crippen LogP contribution < -0.4 is 0 Å². The average Bonchev–Trinajstić information content (AvgIpc) is 1.31. The Morgan fingerprint density at radius 3 is 1.86 bits per heavy atom. The molecule has 7 heavy (non-hydrogen) atoms. The summed E-state index contributed by atoms with van der Waals surface area (Å²) in [5, 5.41) is 0. The van der Waals surface area contributed by atoms with Crippen LogP contribution in [0.2, 0.25) is 0 Å². The summed E-state index contributed by atoms with van der Waals surface area (Å²) in [7, 11) is 0. The Kier molecular flexibility index (Phi) is 2.59. The largest absolute Gasteiger partial charge is 0.368 e. The van der Waals surface area contributed by atoms with Crippen molar-refractivity contribution in [3.05, 3.63) is 0 Å². The van der Waals surface area contributed by atoms with Gasteiger partial charge in [-0.1, -0.05) is 0 Å². The molecular weight excluding hydrogens is 285 g/mol. The van der Waals surface area contributed by atoms with Crippen LogP contribution in [0.1, 0.15) is 0 Å². The lowest BCUT2D eigenvalue weighted by atomic mass is 10.8. The first-order valence-corrected chi connectivity index (χ1v) is 3.08. The van der Waals surface area contributed by atoms with Gasteiger partial charge in [0.1, 0.15) is 0 Å². The Morgan fingerprint density at radius 2 is 1.86 bits per heavy atom. The van der Waals surface area contributed by atoms with Crippen molar-refractivity contribution >= 4 is 42.3 Å². The summed E-state index contributed by atoms with van der Waals surface area (Å²) in [6.07, 6.45) is 0. The molecule has 0 unspecified atom stereocenters. The third kappa shape index (κ3) is 3.33. The van der Waals surface area contributed by atoms with E-state index < -0.39 is 8.62 Å². The zero-order valence-corrected chi connectivity index (χ0v) is 6.66. The molecule has 0 atom stereocenters. The molecule has 42 valence electrons. The van der Waals surface area contributed by atoms with Crippen molar-refractivity contribution in [1.29, 1.82) is 0 Å². The van der Waals surface area contributed by atoms with E-state index in [-0.39, 0.29) is 0 Å². The predicted octanol–water partition coefficient (Wildman–Crippen LogP) is 1.94. The van der Waals surface area contributed by atoms with Gasteiger partial charge in [-0.3, -0.25) is 4.79 Å². The average molecular weight is 285 g/mol. The van der Waals surface area contributed by atoms with Crippen LogP contribution in [0.5, 0.6) is 0 Å². The van der Waals surface area contributed by atoms with Gasteiger partial charge in [0.15, 0.2) is 0 Å². The van der Waals surface area contributed by atoms with Crippen LogP contribution in [0.3, 0.4) is 0 Å². The molecule has 0 aliphatic rings. The Bertz CT molecular complexity index is 88.2. The van der Waals surface area contributed by atoms with E-state index in [1.165, 1.54) is 0 Å². The van der Waals surface area contributed by atoms with Gasteiger partial charge < -0.3 is 0 Å². The van der Waals surface area contributed by atoms with Gasteiger partial charge in [0.05, 0.1) is 0 Å². The van der Waals surface area contributed by atoms with Crippen molar-refractivity contribution in [1.82, 2.24) is 0 Å². The second-order valence-electron chi connectivity index (χ2n) is 0.771. The summed E-state index contributed by atoms with van der Waals surface area (Å²) in [5.74, 6) is 0. The van der Waals surface area contributed by atoms with E-state index in [0.717, 1.165) is 22.6 Å². The lowest BCUT2D eigenvalue weighted by Gasteiger charge is -1.96. The van der Waals surface area contributed by atoms with E-state index in [1.807, 2.05) is 15.9 Å². The number of carbonyl (C=O) groups is 1. The fourth-order valence-electron chi connectivity index (χ4n) is 0. The summed E-state index contributed by atoms with van der Waals surface area (Å²) in [6, 6.07) is 0. The highest BCUT2D eigenvalue weighted by molar-refractivity contribution is 14.1. The molecule has 0 radical (unpaired) electrons. The Hall–Kier alpha value is 0.740. The molecule has 0 N–H and O–H groups in total. The maximum absolute atomic E-state index is 11.4. The van der Waals surface area contributed by atoms with E-state index in [4.69, 9.17) is 0 Å². The molecule has 0 rings (SSSR count). The molecule has 0 bridgehead atoms. The molecule has 0 fully saturated rings. The summed E-state index contributed by atoms with van der Waals surface area (Å²) < 4.78 is 21.6. The lowest BCUT2D eigenvalue weighted by Crippen LogP contribution is -2.12. The Labute approximate surface area is 60.7 Å². The topological polar surface area (TPSA) is 17.1 Å². The number of hydrogen-bond donors (Lipinski definition) is 0. The summed E-state index contributed by atoms with van der Waals surface area (Å²) >= 11 is 2.87. The normalized spacial score (nSPS) is 11.4. The molecule has 0 heterocycles. The van der Waals surface area contributed by atoms with E-state index in [0.29, 0.717) is 0 Å². The SMILES string of the molecule is O=C(I)C(F)(F)Br.